The number of Topliss-reactive ketones (excluding diaryl/α,β-unsaturated/α-hetero) is 1. The van der Waals surface area contributed by atoms with Crippen LogP contribution in [-0.4, -0.2) is 73.1 Å². The van der Waals surface area contributed by atoms with E-state index in [0.29, 0.717) is 44.1 Å². The zero-order valence-corrected chi connectivity index (χ0v) is 26.8. The van der Waals surface area contributed by atoms with E-state index in [1.165, 1.54) is 17.5 Å². The van der Waals surface area contributed by atoms with E-state index in [9.17, 15) is 22.8 Å². The van der Waals surface area contributed by atoms with E-state index in [1.807, 2.05) is 35.9 Å². The average molecular weight is 662 g/mol. The molecule has 45 heavy (non-hydrogen) atoms. The Labute approximate surface area is 266 Å². The Kier molecular flexibility index (Phi) is 10.3. The molecular formula is C32H37ClFN3O7S. The highest BCUT2D eigenvalue weighted by molar-refractivity contribution is 7.89. The third kappa shape index (κ3) is 7.57. The number of carbonyl (C=O) groups is 3. The van der Waals surface area contributed by atoms with Crippen molar-refractivity contribution in [1.29, 1.82) is 0 Å². The first-order chi connectivity index (χ1) is 21.5. The number of anilines is 1. The van der Waals surface area contributed by atoms with Gasteiger partial charge in [-0.15, -0.1) is 0 Å². The van der Waals surface area contributed by atoms with Crippen LogP contribution >= 0.6 is 11.6 Å². The number of aryl methyl sites for hydroxylation is 1. The molecule has 0 unspecified atom stereocenters. The molecule has 3 aromatic rings. The quantitative estimate of drug-likeness (QED) is 0.291. The first kappa shape index (κ1) is 33.1. The third-order valence-corrected chi connectivity index (χ3v) is 10.9. The van der Waals surface area contributed by atoms with Crippen molar-refractivity contribution < 1.29 is 36.7 Å². The molecule has 0 spiro atoms. The molecule has 1 N–H and O–H groups in total. The number of esters is 1. The molecule has 1 amide bonds. The van der Waals surface area contributed by atoms with E-state index in [0.717, 1.165) is 17.0 Å². The van der Waals surface area contributed by atoms with Crippen molar-refractivity contribution >= 4 is 55.9 Å². The van der Waals surface area contributed by atoms with Crippen LogP contribution in [0.3, 0.4) is 0 Å². The first-order valence-corrected chi connectivity index (χ1v) is 17.0. The van der Waals surface area contributed by atoms with E-state index in [1.54, 1.807) is 6.20 Å². The van der Waals surface area contributed by atoms with Crippen LogP contribution in [0.5, 0.6) is 0 Å². The van der Waals surface area contributed by atoms with Gasteiger partial charge in [-0.3, -0.25) is 14.4 Å². The van der Waals surface area contributed by atoms with E-state index in [-0.39, 0.29) is 47.4 Å². The van der Waals surface area contributed by atoms with Gasteiger partial charge in [0.1, 0.15) is 11.6 Å². The summed E-state index contributed by atoms with van der Waals surface area (Å²) in [6, 6.07) is 9.25. The zero-order chi connectivity index (χ0) is 32.3. The van der Waals surface area contributed by atoms with Crippen molar-refractivity contribution in [2.45, 2.75) is 57.1 Å². The van der Waals surface area contributed by atoms with Crippen molar-refractivity contribution in [3.8, 4) is 0 Å². The van der Waals surface area contributed by atoms with Gasteiger partial charge in [0.05, 0.1) is 42.0 Å². The molecule has 242 valence electrons. The van der Waals surface area contributed by atoms with Crippen molar-refractivity contribution in [1.82, 2.24) is 8.87 Å². The molecule has 2 aromatic carbocycles. The number of sulfonamides is 1. The number of para-hydroxylation sites is 1. The van der Waals surface area contributed by atoms with Crippen molar-refractivity contribution in [3.05, 3.63) is 64.6 Å². The Morgan fingerprint density at radius 1 is 1.09 bits per heavy atom. The Hall–Kier alpha value is -3.32. The molecule has 1 atom stereocenters. The van der Waals surface area contributed by atoms with Gasteiger partial charge >= 0.3 is 5.97 Å². The Balaban J connectivity index is 1.17. The summed E-state index contributed by atoms with van der Waals surface area (Å²) in [5, 5.41) is 3.38. The van der Waals surface area contributed by atoms with Crippen LogP contribution in [0.25, 0.3) is 10.9 Å². The van der Waals surface area contributed by atoms with Crippen molar-refractivity contribution in [2.75, 3.05) is 31.3 Å². The molecule has 1 aliphatic heterocycles. The number of ketones is 1. The monoisotopic (exact) mass is 661 g/mol. The lowest BCUT2D eigenvalue weighted by Gasteiger charge is -2.30. The molecule has 5 rings (SSSR count). The highest BCUT2D eigenvalue weighted by atomic mass is 35.5. The number of benzene rings is 2. The average Bonchev–Trinajstić information content (AvgIpc) is 3.63. The minimum Gasteiger partial charge on any atom is -0.469 e. The predicted molar refractivity (Wildman–Crippen MR) is 168 cm³/mol. The largest absolute Gasteiger partial charge is 0.469 e. The summed E-state index contributed by atoms with van der Waals surface area (Å²) >= 11 is 6.36. The molecule has 1 aromatic heterocycles. The molecule has 1 aliphatic carbocycles. The number of amides is 1. The smallest absolute Gasteiger partial charge is 0.308 e. The summed E-state index contributed by atoms with van der Waals surface area (Å²) in [5.74, 6) is -3.05. The highest BCUT2D eigenvalue weighted by Crippen LogP contribution is 2.30. The summed E-state index contributed by atoms with van der Waals surface area (Å²) in [6.45, 7) is 0.487. The van der Waals surface area contributed by atoms with Gasteiger partial charge in [-0.1, -0.05) is 29.8 Å². The number of ether oxygens (including phenoxy) is 2. The fraction of sp³-hybridized carbons (Fsp3) is 0.469. The number of halogens is 2. The molecule has 1 saturated carbocycles. The fourth-order valence-corrected chi connectivity index (χ4v) is 8.24. The highest BCUT2D eigenvalue weighted by Gasteiger charge is 2.37. The molecule has 1 saturated heterocycles. The van der Waals surface area contributed by atoms with Gasteiger partial charge in [0, 0.05) is 43.2 Å². The SMILES string of the molecule is COC(=O)[C@H]1CC[C@H](OC[C@@H]2CCCN2S(=O)(=O)CC(=O)Cc2cc(Cl)c(NC(=O)c3cn(C)c4ccccc34)cc2F)CC1. The maximum Gasteiger partial charge on any atom is 0.308 e. The number of rotatable bonds is 11. The van der Waals surface area contributed by atoms with Gasteiger partial charge in [-0.2, -0.15) is 4.31 Å². The second kappa shape index (κ2) is 14.0. The summed E-state index contributed by atoms with van der Waals surface area (Å²) in [7, 11) is -0.777. The molecule has 0 bridgehead atoms. The van der Waals surface area contributed by atoms with Crippen LogP contribution in [0.2, 0.25) is 5.02 Å². The maximum absolute atomic E-state index is 15.1. The number of hydrogen-bond donors (Lipinski definition) is 1. The van der Waals surface area contributed by atoms with Crippen LogP contribution < -0.4 is 5.32 Å². The zero-order valence-electron chi connectivity index (χ0n) is 25.3. The van der Waals surface area contributed by atoms with Gasteiger partial charge in [0.15, 0.2) is 5.78 Å². The number of aromatic nitrogens is 1. The van der Waals surface area contributed by atoms with Gasteiger partial charge in [-0.05, 0) is 62.3 Å². The minimum absolute atomic E-state index is 0.0213. The Bertz CT molecular complexity index is 1700. The lowest BCUT2D eigenvalue weighted by molar-refractivity contribution is -0.147. The third-order valence-electron chi connectivity index (χ3n) is 8.67. The summed E-state index contributed by atoms with van der Waals surface area (Å²) < 4.78 is 55.5. The Morgan fingerprint density at radius 3 is 2.56 bits per heavy atom. The second-order valence-corrected chi connectivity index (χ2v) is 14.1. The number of methoxy groups -OCH3 is 1. The van der Waals surface area contributed by atoms with Crippen LogP contribution in [0, 0.1) is 11.7 Å². The van der Waals surface area contributed by atoms with E-state index in [2.05, 4.69) is 5.32 Å². The number of fused-ring (bicyclic) bond motifs is 1. The standard InChI is InChI=1S/C32H37ClFN3O7S/c1-36-17-26(25-7-3-4-8-30(25)36)31(39)35-29-16-28(34)21(15-27(29)33)14-23(38)19-45(41,42)37-13-5-6-22(37)18-44-24-11-9-20(10-12-24)32(40)43-2/h3-4,7-8,15-17,20,22,24H,5-6,9-14,18-19H2,1-2H3,(H,35,39)/t20-,22-,24-/m0/s1. The normalized spacial score (nSPS) is 20.8. The van der Waals surface area contributed by atoms with Gasteiger partial charge in [0.2, 0.25) is 10.0 Å². The van der Waals surface area contributed by atoms with Crippen molar-refractivity contribution in [3.63, 3.8) is 0 Å². The van der Waals surface area contributed by atoms with Gasteiger partial charge in [-0.25, -0.2) is 12.8 Å². The molecule has 13 heteroatoms. The van der Waals surface area contributed by atoms with Crippen LogP contribution in [0.4, 0.5) is 10.1 Å². The topological polar surface area (TPSA) is 124 Å². The fourth-order valence-electron chi connectivity index (χ4n) is 6.30. The summed E-state index contributed by atoms with van der Waals surface area (Å²) in [4.78, 5) is 37.7. The number of carbonyl (C=O) groups excluding carboxylic acids is 3. The molecule has 0 radical (unpaired) electrons. The van der Waals surface area contributed by atoms with Gasteiger partial charge in [0.25, 0.3) is 5.91 Å². The first-order valence-electron chi connectivity index (χ1n) is 15.0. The number of nitrogens with one attached hydrogen (secondary N) is 1. The molecule has 2 fully saturated rings. The van der Waals surface area contributed by atoms with Gasteiger partial charge < -0.3 is 19.4 Å². The summed E-state index contributed by atoms with van der Waals surface area (Å²) in [5.41, 5.74) is 1.23. The predicted octanol–water partition coefficient (Wildman–Crippen LogP) is 4.88. The second-order valence-electron chi connectivity index (χ2n) is 11.8. The minimum atomic E-state index is -3.97. The Morgan fingerprint density at radius 2 is 1.82 bits per heavy atom. The van der Waals surface area contributed by atoms with Crippen LogP contribution in [0.1, 0.15) is 54.4 Å². The lowest BCUT2D eigenvalue weighted by atomic mass is 9.87. The number of nitrogens with zero attached hydrogens (tertiary/aromatic N) is 2. The van der Waals surface area contributed by atoms with E-state index in [4.69, 9.17) is 21.1 Å². The molecule has 2 heterocycles. The molecule has 2 aliphatic rings. The molecule has 10 nitrogen and oxygen atoms in total. The van der Waals surface area contributed by atoms with Crippen LogP contribution in [0.15, 0.2) is 42.6 Å². The maximum atomic E-state index is 15.1. The number of hydrogen-bond acceptors (Lipinski definition) is 7. The van der Waals surface area contributed by atoms with E-state index >= 15 is 4.39 Å². The summed E-state index contributed by atoms with van der Waals surface area (Å²) in [6.07, 6.45) is 5.11. The van der Waals surface area contributed by atoms with Crippen LogP contribution in [-0.2, 0) is 42.6 Å². The van der Waals surface area contributed by atoms with E-state index < -0.39 is 45.7 Å². The molecular weight excluding hydrogens is 625 g/mol. The van der Waals surface area contributed by atoms with Crippen molar-refractivity contribution in [2.24, 2.45) is 13.0 Å². The lowest BCUT2D eigenvalue weighted by Crippen LogP contribution is -2.42.